The number of aliphatic carboxylic acids is 1. The summed E-state index contributed by atoms with van der Waals surface area (Å²) in [5.74, 6) is -9.51. The SMILES string of the molecule is CCCCCCCCCCCCCCCC(=O)N[C@@H](Cc1ccccc1)C(=O)N[C@@H](C)C(=O)N[C@@H](CCCN=C(N)N)C(=O)N[C@@H](CCCCN)C(=O)NCC(=O)N[C@@H](C)C(=O)N[C@@H](CC(C)C)C(=O)N[C@@H](CCCN=C(N)N)C(=O)N[C@@H](CCC(N)=O)C(=O)O. The highest BCUT2D eigenvalue weighted by atomic mass is 16.4. The lowest BCUT2D eigenvalue weighted by Crippen LogP contribution is -2.58. The fraction of sp³-hybridized carbons (Fsp3) is 0.694. The molecule has 0 aromatic heterocycles. The minimum absolute atomic E-state index is 0.0242. The topological polar surface area (TPSA) is 497 Å². The first-order valence-corrected chi connectivity index (χ1v) is 32.3. The van der Waals surface area contributed by atoms with Crippen molar-refractivity contribution in [1.82, 2.24) is 47.9 Å². The molecule has 29 heteroatoms. The molecule has 0 aliphatic heterocycles. The molecule has 1 rings (SSSR count). The summed E-state index contributed by atoms with van der Waals surface area (Å²) in [5.41, 5.74) is 33.6. The van der Waals surface area contributed by atoms with E-state index in [-0.39, 0.29) is 108 Å². The first kappa shape index (κ1) is 80.9. The van der Waals surface area contributed by atoms with Gasteiger partial charge in [0.25, 0.3) is 0 Å². The van der Waals surface area contributed by atoms with Gasteiger partial charge in [0.1, 0.15) is 48.3 Å². The highest BCUT2D eigenvalue weighted by molar-refractivity contribution is 5.97. The third-order valence-corrected chi connectivity index (χ3v) is 14.8. The quantitative estimate of drug-likeness (QED) is 0.0238. The molecule has 0 bridgehead atoms. The normalized spacial score (nSPS) is 13.6. The lowest BCUT2D eigenvalue weighted by atomic mass is 10.0. The Morgan fingerprint density at radius 1 is 0.440 bits per heavy atom. The van der Waals surface area contributed by atoms with E-state index in [4.69, 9.17) is 34.4 Å². The van der Waals surface area contributed by atoms with Gasteiger partial charge in [-0.3, -0.25) is 57.9 Å². The number of benzene rings is 1. The van der Waals surface area contributed by atoms with Crippen LogP contribution < -0.4 is 82.3 Å². The highest BCUT2D eigenvalue weighted by Gasteiger charge is 2.33. The number of nitrogens with one attached hydrogen (secondary N) is 9. The second kappa shape index (κ2) is 47.8. The summed E-state index contributed by atoms with van der Waals surface area (Å²) in [6.07, 6.45) is 15.9. The molecule has 8 atom stereocenters. The van der Waals surface area contributed by atoms with Gasteiger partial charge in [-0.05, 0) is 96.1 Å². The van der Waals surface area contributed by atoms with Crippen LogP contribution in [0.1, 0.15) is 194 Å². The maximum atomic E-state index is 14.1. The van der Waals surface area contributed by atoms with Crippen molar-refractivity contribution in [2.24, 2.45) is 50.3 Å². The minimum Gasteiger partial charge on any atom is -0.480 e. The third kappa shape index (κ3) is 38.9. The van der Waals surface area contributed by atoms with Gasteiger partial charge in [-0.1, -0.05) is 128 Å². The monoisotopic (exact) mass is 1280 g/mol. The fourth-order valence-corrected chi connectivity index (χ4v) is 9.62. The molecule has 22 N–H and O–H groups in total. The van der Waals surface area contributed by atoms with Gasteiger partial charge < -0.3 is 87.4 Å². The molecule has 1 aromatic carbocycles. The second-order valence-corrected chi connectivity index (χ2v) is 23.5. The number of unbranched alkanes of at least 4 members (excludes halogenated alkanes) is 13. The Hall–Kier alpha value is -8.11. The number of nitrogens with zero attached hydrogens (tertiary/aromatic N) is 2. The zero-order valence-electron chi connectivity index (χ0n) is 54.4. The second-order valence-electron chi connectivity index (χ2n) is 23.5. The zero-order chi connectivity index (χ0) is 68.1. The maximum Gasteiger partial charge on any atom is 0.326 e. The summed E-state index contributed by atoms with van der Waals surface area (Å²) in [7, 11) is 0. The number of primary amides is 1. The van der Waals surface area contributed by atoms with Crippen LogP contribution in [0.5, 0.6) is 0 Å². The molecule has 0 unspecified atom stereocenters. The highest BCUT2D eigenvalue weighted by Crippen LogP contribution is 2.15. The van der Waals surface area contributed by atoms with Gasteiger partial charge in [-0.2, -0.15) is 0 Å². The molecule has 0 spiro atoms. The molecule has 514 valence electrons. The van der Waals surface area contributed by atoms with E-state index in [1.165, 1.54) is 71.6 Å². The third-order valence-electron chi connectivity index (χ3n) is 14.8. The Labute approximate surface area is 536 Å². The number of hydrogen-bond donors (Lipinski definition) is 16. The number of aliphatic imine (C=N–C) groups is 2. The Bertz CT molecular complexity index is 2460. The summed E-state index contributed by atoms with van der Waals surface area (Å²) in [5, 5.41) is 33.0. The molecule has 0 radical (unpaired) electrons. The van der Waals surface area contributed by atoms with Crippen molar-refractivity contribution in [3.8, 4) is 0 Å². The van der Waals surface area contributed by atoms with E-state index < -0.39 is 114 Å². The molecule has 29 nitrogen and oxygen atoms in total. The molecule has 0 saturated carbocycles. The summed E-state index contributed by atoms with van der Waals surface area (Å²) in [6, 6.07) is -1.15. The van der Waals surface area contributed by atoms with Crippen molar-refractivity contribution >= 4 is 77.0 Å². The van der Waals surface area contributed by atoms with E-state index in [1.54, 1.807) is 13.8 Å². The molecule has 10 amide bonds. The fourth-order valence-electron chi connectivity index (χ4n) is 9.62. The largest absolute Gasteiger partial charge is 0.480 e. The first-order chi connectivity index (χ1) is 43.3. The molecular weight excluding hydrogens is 1170 g/mol. The van der Waals surface area contributed by atoms with Crippen LogP contribution in [0.2, 0.25) is 0 Å². The number of rotatable bonds is 51. The molecule has 0 fully saturated rings. The predicted molar refractivity (Wildman–Crippen MR) is 349 cm³/mol. The van der Waals surface area contributed by atoms with Gasteiger partial charge in [-0.15, -0.1) is 0 Å². The number of hydrogen-bond acceptors (Lipinski definition) is 14. The summed E-state index contributed by atoms with van der Waals surface area (Å²) >= 11 is 0. The van der Waals surface area contributed by atoms with Crippen LogP contribution in [-0.2, 0) is 59.2 Å². The van der Waals surface area contributed by atoms with E-state index in [1.807, 2.05) is 30.3 Å². The molecule has 0 aliphatic carbocycles. The smallest absolute Gasteiger partial charge is 0.326 e. The van der Waals surface area contributed by atoms with Crippen LogP contribution >= 0.6 is 0 Å². The van der Waals surface area contributed by atoms with Crippen LogP contribution in [0.3, 0.4) is 0 Å². The molecule has 0 heterocycles. The van der Waals surface area contributed by atoms with E-state index in [9.17, 15) is 57.8 Å². The van der Waals surface area contributed by atoms with Crippen molar-refractivity contribution < 1.29 is 57.8 Å². The molecular formula is C62H109N17O12. The van der Waals surface area contributed by atoms with Crippen molar-refractivity contribution in [3.63, 3.8) is 0 Å². The van der Waals surface area contributed by atoms with Gasteiger partial charge in [0.05, 0.1) is 6.54 Å². The van der Waals surface area contributed by atoms with Crippen LogP contribution in [0.25, 0.3) is 0 Å². The Morgan fingerprint density at radius 2 is 0.879 bits per heavy atom. The van der Waals surface area contributed by atoms with Gasteiger partial charge in [0, 0.05) is 32.4 Å². The van der Waals surface area contributed by atoms with Gasteiger partial charge >= 0.3 is 5.97 Å². The summed E-state index contributed by atoms with van der Waals surface area (Å²) in [4.78, 5) is 154. The van der Waals surface area contributed by atoms with E-state index in [0.29, 0.717) is 19.3 Å². The Balaban J connectivity index is 3.14. The number of guanidine groups is 2. The van der Waals surface area contributed by atoms with Crippen LogP contribution in [0.15, 0.2) is 40.3 Å². The number of carbonyl (C=O) groups is 11. The molecule has 0 aliphatic rings. The van der Waals surface area contributed by atoms with Crippen molar-refractivity contribution in [2.75, 3.05) is 26.2 Å². The predicted octanol–water partition coefficient (Wildman–Crippen LogP) is 0.377. The van der Waals surface area contributed by atoms with Gasteiger partial charge in [-0.25, -0.2) is 4.79 Å². The van der Waals surface area contributed by atoms with E-state index >= 15 is 0 Å². The number of carboxylic acid groups (broad SMARTS) is 1. The van der Waals surface area contributed by atoms with Gasteiger partial charge in [0.15, 0.2) is 11.9 Å². The average Bonchev–Trinajstić information content (AvgIpc) is 2.15. The lowest BCUT2D eigenvalue weighted by molar-refractivity contribution is -0.142. The first-order valence-electron chi connectivity index (χ1n) is 32.3. The molecule has 1 aromatic rings. The summed E-state index contributed by atoms with van der Waals surface area (Å²) in [6.45, 7) is 8.21. The Morgan fingerprint density at radius 3 is 1.36 bits per heavy atom. The average molecular weight is 1280 g/mol. The van der Waals surface area contributed by atoms with Crippen LogP contribution in [0.4, 0.5) is 0 Å². The standard InChI is InChI=1S/C62H109N17O12/c1-6-7-8-9-10-11-12-13-14-15-16-17-21-31-51(81)74-49(38-43-26-19-18-20-27-43)58(88)73-42(5)54(84)75-45(29-24-35-69-61(65)66)56(86)76-44(28-22-23-34-63)55(85)71-39-52(82)72-41(4)53(83)79-48(37-40(2)3)59(89)77-46(30-25-36-70-62(67)68)57(87)78-47(60(90)91)32-33-50(64)80/h18-20,26-27,40-42,44-49H,6-17,21-25,28-39,63H2,1-5H3,(H2,64,80)(H,71,85)(H,72,82)(H,73,88)(H,74,81)(H,75,84)(H,76,86)(H,77,89)(H,78,87)(H,79,83)(H,90,91)(H4,65,66,69)(H4,67,68,70)/t41-,42-,44-,45-,46-,47-,48-,49-/m0/s1. The zero-order valence-corrected chi connectivity index (χ0v) is 54.4. The Kier molecular flexibility index (Phi) is 42.5. The van der Waals surface area contributed by atoms with Crippen molar-refractivity contribution in [2.45, 2.75) is 243 Å². The number of amides is 10. The number of nitrogens with two attached hydrogens (primary N) is 6. The van der Waals surface area contributed by atoms with Crippen LogP contribution in [0, 0.1) is 5.92 Å². The maximum absolute atomic E-state index is 14.1. The van der Waals surface area contributed by atoms with Gasteiger partial charge in [0.2, 0.25) is 59.1 Å². The van der Waals surface area contributed by atoms with Crippen molar-refractivity contribution in [1.29, 1.82) is 0 Å². The number of carbonyl (C=O) groups excluding carboxylic acids is 10. The van der Waals surface area contributed by atoms with Crippen LogP contribution in [-0.4, -0.2) is 157 Å². The summed E-state index contributed by atoms with van der Waals surface area (Å²) < 4.78 is 0. The van der Waals surface area contributed by atoms with E-state index in [2.05, 4.69) is 64.8 Å². The number of carboxylic acids is 1. The lowest BCUT2D eigenvalue weighted by Gasteiger charge is -2.26. The molecule has 0 saturated heterocycles. The van der Waals surface area contributed by atoms with E-state index in [0.717, 1.165) is 24.8 Å². The minimum atomic E-state index is -1.53. The van der Waals surface area contributed by atoms with Crippen molar-refractivity contribution in [3.05, 3.63) is 35.9 Å². The molecule has 91 heavy (non-hydrogen) atoms.